The Morgan fingerprint density at radius 3 is 2.54 bits per heavy atom. The number of halogens is 1. The van der Waals surface area contributed by atoms with Gasteiger partial charge < -0.3 is 10.6 Å². The van der Waals surface area contributed by atoms with E-state index in [9.17, 15) is 9.59 Å². The van der Waals surface area contributed by atoms with E-state index in [-0.39, 0.29) is 17.9 Å². The van der Waals surface area contributed by atoms with Gasteiger partial charge in [0.15, 0.2) is 0 Å². The second-order valence-electron chi connectivity index (χ2n) is 7.22. The van der Waals surface area contributed by atoms with Gasteiger partial charge in [-0.3, -0.25) is 9.59 Å². The minimum Gasteiger partial charge on any atom is -0.349 e. The Balaban J connectivity index is 1.87. The molecular weight excluding hydrogens is 348 g/mol. The summed E-state index contributed by atoms with van der Waals surface area (Å²) in [5.41, 5.74) is 1.06. The van der Waals surface area contributed by atoms with Crippen LogP contribution < -0.4 is 10.6 Å². The Morgan fingerprint density at radius 1 is 1.08 bits per heavy atom. The second kappa shape index (κ2) is 11.2. The number of carbonyl (C=O) groups excluding carboxylic acids is 2. The number of unbranched alkanes of at least 4 members (excludes halogenated alkanes) is 4. The molecule has 1 saturated carbocycles. The highest BCUT2D eigenvalue weighted by atomic mass is 35.5. The Hall–Kier alpha value is -1.55. The minimum atomic E-state index is -0.155. The topological polar surface area (TPSA) is 58.2 Å². The van der Waals surface area contributed by atoms with Crippen LogP contribution in [0.3, 0.4) is 0 Å². The van der Waals surface area contributed by atoms with Crippen LogP contribution in [0.25, 0.3) is 0 Å². The van der Waals surface area contributed by atoms with Crippen LogP contribution in [0.2, 0.25) is 5.02 Å². The Kier molecular flexibility index (Phi) is 8.96. The fourth-order valence-electron chi connectivity index (χ4n) is 3.40. The number of amides is 2. The van der Waals surface area contributed by atoms with Gasteiger partial charge in [-0.15, -0.1) is 0 Å². The first kappa shape index (κ1) is 20.8. The Labute approximate surface area is 162 Å². The molecule has 1 aromatic carbocycles. The molecule has 2 amide bonds. The summed E-state index contributed by atoms with van der Waals surface area (Å²) in [6, 6.07) is 5.33. The zero-order valence-corrected chi connectivity index (χ0v) is 16.5. The summed E-state index contributed by atoms with van der Waals surface area (Å²) >= 11 is 6.20. The molecule has 1 aliphatic carbocycles. The number of hydrogen-bond acceptors (Lipinski definition) is 2. The highest BCUT2D eigenvalue weighted by Crippen LogP contribution is 2.23. The van der Waals surface area contributed by atoms with Crippen molar-refractivity contribution < 1.29 is 9.59 Å². The van der Waals surface area contributed by atoms with Crippen molar-refractivity contribution in [3.63, 3.8) is 0 Å². The van der Waals surface area contributed by atoms with E-state index in [1.807, 2.05) is 0 Å². The molecule has 4 nitrogen and oxygen atoms in total. The van der Waals surface area contributed by atoms with Crippen molar-refractivity contribution in [1.82, 2.24) is 5.32 Å². The van der Waals surface area contributed by atoms with Crippen molar-refractivity contribution in [2.75, 3.05) is 5.32 Å². The molecule has 5 heteroatoms. The molecule has 2 N–H and O–H groups in total. The van der Waals surface area contributed by atoms with E-state index >= 15 is 0 Å². The molecule has 0 radical (unpaired) electrons. The maximum atomic E-state index is 12.5. The van der Waals surface area contributed by atoms with E-state index in [1.54, 1.807) is 18.2 Å². The molecule has 2 rings (SSSR count). The van der Waals surface area contributed by atoms with Gasteiger partial charge in [0, 0.05) is 18.2 Å². The summed E-state index contributed by atoms with van der Waals surface area (Å²) in [6.07, 6.45) is 11.7. The zero-order valence-electron chi connectivity index (χ0n) is 15.8. The molecule has 0 atom stereocenters. The summed E-state index contributed by atoms with van der Waals surface area (Å²) in [6.45, 7) is 2.18. The monoisotopic (exact) mass is 378 g/mol. The zero-order chi connectivity index (χ0) is 18.8. The summed E-state index contributed by atoms with van der Waals surface area (Å²) < 4.78 is 0. The lowest BCUT2D eigenvalue weighted by molar-refractivity contribution is -0.116. The average Bonchev–Trinajstić information content (AvgIpc) is 2.64. The van der Waals surface area contributed by atoms with Gasteiger partial charge in [-0.05, 0) is 37.5 Å². The second-order valence-corrected chi connectivity index (χ2v) is 7.62. The Bertz CT molecular complexity index is 598. The third-order valence-corrected chi connectivity index (χ3v) is 5.27. The van der Waals surface area contributed by atoms with Crippen LogP contribution in [0.15, 0.2) is 18.2 Å². The van der Waals surface area contributed by atoms with Crippen LogP contribution in [0, 0.1) is 0 Å². The molecule has 144 valence electrons. The molecule has 0 saturated heterocycles. The van der Waals surface area contributed by atoms with Gasteiger partial charge >= 0.3 is 0 Å². The molecule has 1 aliphatic rings. The third-order valence-electron chi connectivity index (χ3n) is 4.94. The number of rotatable bonds is 9. The molecule has 1 fully saturated rings. The summed E-state index contributed by atoms with van der Waals surface area (Å²) in [4.78, 5) is 24.6. The van der Waals surface area contributed by atoms with Crippen molar-refractivity contribution in [3.8, 4) is 0 Å². The van der Waals surface area contributed by atoms with Crippen molar-refractivity contribution in [3.05, 3.63) is 28.8 Å². The van der Waals surface area contributed by atoms with Crippen LogP contribution in [0.4, 0.5) is 5.69 Å². The van der Waals surface area contributed by atoms with Gasteiger partial charge in [-0.2, -0.15) is 0 Å². The normalized spacial score (nSPS) is 14.8. The molecule has 0 bridgehead atoms. The Morgan fingerprint density at radius 2 is 1.81 bits per heavy atom. The first-order chi connectivity index (χ1) is 12.6. The number of benzene rings is 1. The van der Waals surface area contributed by atoms with Gasteiger partial charge in [0.05, 0.1) is 10.6 Å². The lowest BCUT2D eigenvalue weighted by Crippen LogP contribution is -2.36. The highest BCUT2D eigenvalue weighted by molar-refractivity contribution is 6.34. The standard InChI is InChI=1S/C21H31ClN2O2/c1-2-3-4-5-9-12-20(25)23-17-13-14-19(22)18(15-17)21(26)24-16-10-7-6-8-11-16/h13-16H,2-12H2,1H3,(H,23,25)(H,24,26). The summed E-state index contributed by atoms with van der Waals surface area (Å²) in [5.74, 6) is -0.167. The van der Waals surface area contributed by atoms with Gasteiger partial charge in [0.1, 0.15) is 0 Å². The predicted octanol–water partition coefficient (Wildman–Crippen LogP) is 5.70. The van der Waals surface area contributed by atoms with E-state index in [4.69, 9.17) is 11.6 Å². The van der Waals surface area contributed by atoms with Crippen LogP contribution >= 0.6 is 11.6 Å². The third kappa shape index (κ3) is 6.99. The average molecular weight is 379 g/mol. The molecule has 0 aromatic heterocycles. The number of anilines is 1. The minimum absolute atomic E-state index is 0.0116. The first-order valence-corrected chi connectivity index (χ1v) is 10.4. The lowest BCUT2D eigenvalue weighted by Gasteiger charge is -2.23. The fraction of sp³-hybridized carbons (Fsp3) is 0.619. The van der Waals surface area contributed by atoms with E-state index in [2.05, 4.69) is 17.6 Å². The molecular formula is C21H31ClN2O2. The highest BCUT2D eigenvalue weighted by Gasteiger charge is 2.18. The van der Waals surface area contributed by atoms with Crippen LogP contribution in [-0.2, 0) is 4.79 Å². The van der Waals surface area contributed by atoms with Gasteiger partial charge in [-0.1, -0.05) is 63.5 Å². The number of hydrogen-bond donors (Lipinski definition) is 2. The first-order valence-electron chi connectivity index (χ1n) is 10.0. The summed E-state index contributed by atoms with van der Waals surface area (Å²) in [7, 11) is 0. The van der Waals surface area contributed by atoms with E-state index in [0.29, 0.717) is 22.7 Å². The quantitative estimate of drug-likeness (QED) is 0.541. The van der Waals surface area contributed by atoms with Gasteiger partial charge in [0.25, 0.3) is 5.91 Å². The summed E-state index contributed by atoms with van der Waals surface area (Å²) in [5, 5.41) is 6.37. The maximum absolute atomic E-state index is 12.5. The van der Waals surface area contributed by atoms with Crippen molar-refractivity contribution in [2.24, 2.45) is 0 Å². The van der Waals surface area contributed by atoms with Crippen LogP contribution in [-0.4, -0.2) is 17.9 Å². The molecule has 26 heavy (non-hydrogen) atoms. The van der Waals surface area contributed by atoms with Crippen LogP contribution in [0.5, 0.6) is 0 Å². The maximum Gasteiger partial charge on any atom is 0.253 e. The number of carbonyl (C=O) groups is 2. The van der Waals surface area contributed by atoms with E-state index in [0.717, 1.165) is 38.5 Å². The number of nitrogens with one attached hydrogen (secondary N) is 2. The molecule has 0 aliphatic heterocycles. The molecule has 1 aromatic rings. The molecule has 0 heterocycles. The smallest absolute Gasteiger partial charge is 0.253 e. The van der Waals surface area contributed by atoms with Gasteiger partial charge in [-0.25, -0.2) is 0 Å². The van der Waals surface area contributed by atoms with Crippen molar-refractivity contribution in [2.45, 2.75) is 83.6 Å². The van der Waals surface area contributed by atoms with Crippen LogP contribution in [0.1, 0.15) is 87.9 Å². The SMILES string of the molecule is CCCCCCCC(=O)Nc1ccc(Cl)c(C(=O)NC2CCCCC2)c1. The van der Waals surface area contributed by atoms with Crippen molar-refractivity contribution >= 4 is 29.1 Å². The van der Waals surface area contributed by atoms with E-state index < -0.39 is 0 Å². The van der Waals surface area contributed by atoms with Crippen molar-refractivity contribution in [1.29, 1.82) is 0 Å². The lowest BCUT2D eigenvalue weighted by atomic mass is 9.95. The molecule has 0 spiro atoms. The van der Waals surface area contributed by atoms with Gasteiger partial charge in [0.2, 0.25) is 5.91 Å². The predicted molar refractivity (Wildman–Crippen MR) is 108 cm³/mol. The fourth-order valence-corrected chi connectivity index (χ4v) is 3.60. The van der Waals surface area contributed by atoms with E-state index in [1.165, 1.54) is 25.7 Å². The largest absolute Gasteiger partial charge is 0.349 e. The molecule has 0 unspecified atom stereocenters.